The van der Waals surface area contributed by atoms with E-state index in [9.17, 15) is 9.59 Å². The van der Waals surface area contributed by atoms with Crippen LogP contribution in [0, 0.1) is 11.8 Å². The van der Waals surface area contributed by atoms with Crippen molar-refractivity contribution in [3.05, 3.63) is 53.9 Å². The number of carbonyl (C=O) groups excluding carboxylic acids is 1. The first-order chi connectivity index (χ1) is 12.1. The highest BCUT2D eigenvalue weighted by Crippen LogP contribution is 2.29. The zero-order chi connectivity index (χ0) is 17.6. The van der Waals surface area contributed by atoms with E-state index in [1.54, 1.807) is 6.20 Å². The molecule has 1 aliphatic carbocycles. The lowest BCUT2D eigenvalue weighted by molar-refractivity contribution is -0.144. The SMILES string of the molecule is O=C(O)C1CCC(C(=O)NCc2cccc(Cn3cccn3)c2)CC1. The molecule has 25 heavy (non-hydrogen) atoms. The van der Waals surface area contributed by atoms with Crippen LogP contribution in [0.5, 0.6) is 0 Å². The number of carboxylic acid groups (broad SMARTS) is 1. The summed E-state index contributed by atoms with van der Waals surface area (Å²) in [4.78, 5) is 23.3. The Labute approximate surface area is 146 Å². The number of aliphatic carboxylic acids is 1. The third kappa shape index (κ3) is 4.68. The van der Waals surface area contributed by atoms with E-state index < -0.39 is 5.97 Å². The zero-order valence-corrected chi connectivity index (χ0v) is 14.1. The Morgan fingerprint density at radius 1 is 1.12 bits per heavy atom. The van der Waals surface area contributed by atoms with Crippen molar-refractivity contribution in [1.82, 2.24) is 15.1 Å². The van der Waals surface area contributed by atoms with Crippen molar-refractivity contribution in [2.45, 2.75) is 38.8 Å². The lowest BCUT2D eigenvalue weighted by Gasteiger charge is -2.25. The van der Waals surface area contributed by atoms with Crippen molar-refractivity contribution < 1.29 is 14.7 Å². The summed E-state index contributed by atoms with van der Waals surface area (Å²) in [6, 6.07) is 9.99. The minimum atomic E-state index is -0.743. The maximum atomic E-state index is 12.3. The Balaban J connectivity index is 1.50. The van der Waals surface area contributed by atoms with Crippen LogP contribution >= 0.6 is 0 Å². The number of rotatable bonds is 6. The van der Waals surface area contributed by atoms with Gasteiger partial charge in [-0.3, -0.25) is 14.3 Å². The van der Waals surface area contributed by atoms with E-state index in [1.165, 1.54) is 0 Å². The van der Waals surface area contributed by atoms with Crippen LogP contribution in [0.4, 0.5) is 0 Å². The molecule has 6 nitrogen and oxygen atoms in total. The molecule has 1 fully saturated rings. The predicted molar refractivity (Wildman–Crippen MR) is 92.7 cm³/mol. The van der Waals surface area contributed by atoms with E-state index in [4.69, 9.17) is 5.11 Å². The molecule has 0 unspecified atom stereocenters. The highest BCUT2D eigenvalue weighted by Gasteiger charge is 2.29. The number of nitrogens with zero attached hydrogens (tertiary/aromatic N) is 2. The molecule has 1 heterocycles. The molecular weight excluding hydrogens is 318 g/mol. The minimum Gasteiger partial charge on any atom is -0.481 e. The average molecular weight is 341 g/mol. The second-order valence-corrected chi connectivity index (χ2v) is 6.63. The van der Waals surface area contributed by atoms with Gasteiger partial charge in [0.25, 0.3) is 0 Å². The molecule has 2 N–H and O–H groups in total. The van der Waals surface area contributed by atoms with Crippen molar-refractivity contribution >= 4 is 11.9 Å². The van der Waals surface area contributed by atoms with E-state index in [-0.39, 0.29) is 17.7 Å². The van der Waals surface area contributed by atoms with Crippen molar-refractivity contribution in [1.29, 1.82) is 0 Å². The zero-order valence-electron chi connectivity index (χ0n) is 14.1. The molecule has 3 rings (SSSR count). The summed E-state index contributed by atoms with van der Waals surface area (Å²) in [7, 11) is 0. The third-order valence-electron chi connectivity index (χ3n) is 4.81. The van der Waals surface area contributed by atoms with Gasteiger partial charge in [-0.1, -0.05) is 24.3 Å². The Morgan fingerprint density at radius 3 is 2.52 bits per heavy atom. The molecule has 0 saturated heterocycles. The molecular formula is C19H23N3O3. The molecule has 0 atom stereocenters. The van der Waals surface area contributed by atoms with Gasteiger partial charge in [-0.25, -0.2) is 0 Å². The van der Waals surface area contributed by atoms with Crippen LogP contribution in [0.25, 0.3) is 0 Å². The van der Waals surface area contributed by atoms with Crippen molar-refractivity contribution in [2.75, 3.05) is 0 Å². The second kappa shape index (κ2) is 7.96. The summed E-state index contributed by atoms with van der Waals surface area (Å²) in [6.45, 7) is 1.19. The van der Waals surface area contributed by atoms with Gasteiger partial charge in [-0.2, -0.15) is 5.10 Å². The lowest BCUT2D eigenvalue weighted by atomic mass is 9.81. The first kappa shape index (κ1) is 17.2. The quantitative estimate of drug-likeness (QED) is 0.845. The molecule has 0 bridgehead atoms. The molecule has 6 heteroatoms. The van der Waals surface area contributed by atoms with Crippen molar-refractivity contribution in [3.8, 4) is 0 Å². The summed E-state index contributed by atoms with van der Waals surface area (Å²) in [5.74, 6) is -1.07. The molecule has 1 aromatic heterocycles. The van der Waals surface area contributed by atoms with Crippen LogP contribution < -0.4 is 5.32 Å². The van der Waals surface area contributed by atoms with Gasteiger partial charge >= 0.3 is 5.97 Å². The summed E-state index contributed by atoms with van der Waals surface area (Å²) in [5.41, 5.74) is 2.19. The number of hydrogen-bond acceptors (Lipinski definition) is 3. The fourth-order valence-electron chi connectivity index (χ4n) is 3.36. The van der Waals surface area contributed by atoms with E-state index in [1.807, 2.05) is 35.1 Å². The van der Waals surface area contributed by atoms with Gasteiger partial charge < -0.3 is 10.4 Å². The number of carbonyl (C=O) groups is 2. The van der Waals surface area contributed by atoms with E-state index in [0.717, 1.165) is 11.1 Å². The largest absolute Gasteiger partial charge is 0.481 e. The Kier molecular flexibility index (Phi) is 5.48. The molecule has 1 aliphatic rings. The number of carboxylic acids is 1. The van der Waals surface area contributed by atoms with Gasteiger partial charge in [0, 0.05) is 24.9 Å². The second-order valence-electron chi connectivity index (χ2n) is 6.63. The van der Waals surface area contributed by atoms with Gasteiger partial charge in [0.05, 0.1) is 12.5 Å². The highest BCUT2D eigenvalue weighted by molar-refractivity contribution is 5.79. The summed E-state index contributed by atoms with van der Waals surface area (Å²) >= 11 is 0. The molecule has 0 radical (unpaired) electrons. The average Bonchev–Trinajstić information content (AvgIpc) is 3.13. The molecule has 1 saturated carbocycles. The fraction of sp³-hybridized carbons (Fsp3) is 0.421. The number of amides is 1. The molecule has 0 aliphatic heterocycles. The van der Waals surface area contributed by atoms with Gasteiger partial charge in [0.15, 0.2) is 0 Å². The van der Waals surface area contributed by atoms with Gasteiger partial charge in [0.2, 0.25) is 5.91 Å². The molecule has 2 aromatic rings. The van der Waals surface area contributed by atoms with Crippen molar-refractivity contribution in [2.24, 2.45) is 11.8 Å². The number of hydrogen-bond donors (Lipinski definition) is 2. The smallest absolute Gasteiger partial charge is 0.306 e. The molecule has 1 aromatic carbocycles. The van der Waals surface area contributed by atoms with Crippen LogP contribution in [-0.4, -0.2) is 26.8 Å². The van der Waals surface area contributed by atoms with Crippen molar-refractivity contribution in [3.63, 3.8) is 0 Å². The summed E-state index contributed by atoms with van der Waals surface area (Å²) < 4.78 is 1.86. The Bertz CT molecular complexity index is 719. The standard InChI is InChI=1S/C19H23N3O3/c23-18(16-5-7-17(8-6-16)19(24)25)20-12-14-3-1-4-15(11-14)13-22-10-2-9-21-22/h1-4,9-11,16-17H,5-8,12-13H2,(H,20,23)(H,24,25). The van der Waals surface area contributed by atoms with E-state index in [0.29, 0.717) is 38.8 Å². The topological polar surface area (TPSA) is 84.2 Å². The Morgan fingerprint density at radius 2 is 1.84 bits per heavy atom. The maximum Gasteiger partial charge on any atom is 0.306 e. The van der Waals surface area contributed by atoms with E-state index >= 15 is 0 Å². The van der Waals surface area contributed by atoms with Crippen LogP contribution in [0.1, 0.15) is 36.8 Å². The first-order valence-electron chi connectivity index (χ1n) is 8.67. The lowest BCUT2D eigenvalue weighted by Crippen LogP contribution is -2.34. The summed E-state index contributed by atoms with van der Waals surface area (Å²) in [5, 5.41) is 16.2. The van der Waals surface area contributed by atoms with Crippen LogP contribution in [0.15, 0.2) is 42.7 Å². The van der Waals surface area contributed by atoms with E-state index in [2.05, 4.69) is 16.5 Å². The predicted octanol–water partition coefficient (Wildman–Crippen LogP) is 2.44. The van der Waals surface area contributed by atoms with Gasteiger partial charge in [-0.15, -0.1) is 0 Å². The monoisotopic (exact) mass is 341 g/mol. The maximum absolute atomic E-state index is 12.3. The minimum absolute atomic E-state index is 0.0290. The normalized spacial score (nSPS) is 20.2. The summed E-state index contributed by atoms with van der Waals surface area (Å²) in [6.07, 6.45) is 6.16. The Hall–Kier alpha value is -2.63. The third-order valence-corrected chi connectivity index (χ3v) is 4.81. The van der Waals surface area contributed by atoms with Gasteiger partial charge in [-0.05, 0) is 42.9 Å². The molecule has 0 spiro atoms. The van der Waals surface area contributed by atoms with Gasteiger partial charge in [0.1, 0.15) is 0 Å². The first-order valence-corrected chi connectivity index (χ1v) is 8.67. The number of benzene rings is 1. The molecule has 132 valence electrons. The van der Waals surface area contributed by atoms with Crippen LogP contribution in [-0.2, 0) is 22.7 Å². The fourth-order valence-corrected chi connectivity index (χ4v) is 3.36. The number of nitrogens with one attached hydrogen (secondary N) is 1. The highest BCUT2D eigenvalue weighted by atomic mass is 16.4. The molecule has 1 amide bonds. The van der Waals surface area contributed by atoms with Crippen LogP contribution in [0.3, 0.4) is 0 Å². The van der Waals surface area contributed by atoms with Crippen LogP contribution in [0.2, 0.25) is 0 Å². The number of aromatic nitrogens is 2.